The van der Waals surface area contributed by atoms with E-state index >= 15 is 0 Å². The highest BCUT2D eigenvalue weighted by Gasteiger charge is 2.61. The fourth-order valence-corrected chi connectivity index (χ4v) is 3.30. The summed E-state index contributed by atoms with van der Waals surface area (Å²) in [6.07, 6.45) is -0.781. The van der Waals surface area contributed by atoms with E-state index in [1.54, 1.807) is 27.7 Å². The molecule has 0 radical (unpaired) electrons. The van der Waals surface area contributed by atoms with Crippen molar-refractivity contribution in [2.75, 3.05) is 13.2 Å². The van der Waals surface area contributed by atoms with E-state index in [4.69, 9.17) is 9.47 Å². The number of ether oxygens (including phenoxy) is 2. The number of hydrogen-bond acceptors (Lipinski definition) is 4. The van der Waals surface area contributed by atoms with Gasteiger partial charge >= 0.3 is 12.1 Å². The molecule has 1 aliphatic carbocycles. The highest BCUT2D eigenvalue weighted by Crippen LogP contribution is 2.51. The van der Waals surface area contributed by atoms with Crippen molar-refractivity contribution in [2.45, 2.75) is 58.1 Å². The summed E-state index contributed by atoms with van der Waals surface area (Å²) >= 11 is 0. The Hall–Kier alpha value is -1.40. The summed E-state index contributed by atoms with van der Waals surface area (Å²) < 4.78 is 38.2. The molecule has 0 aromatic heterocycles. The minimum atomic E-state index is -2.85. The highest BCUT2D eigenvalue weighted by molar-refractivity contribution is 5.83. The van der Waals surface area contributed by atoms with Crippen molar-refractivity contribution in [1.82, 2.24) is 4.90 Å². The lowest BCUT2D eigenvalue weighted by Crippen LogP contribution is -2.46. The smallest absolute Gasteiger partial charge is 0.411 e. The number of alkyl halides is 2. The fraction of sp³-hybridized carbons (Fsp3) is 0.867. The largest absolute Gasteiger partial charge is 0.464 e. The average Bonchev–Trinajstić information content (AvgIpc) is 2.86. The molecule has 0 aromatic carbocycles. The van der Waals surface area contributed by atoms with E-state index in [9.17, 15) is 18.4 Å². The van der Waals surface area contributed by atoms with Gasteiger partial charge in [-0.05, 0) is 34.1 Å². The molecular weight excluding hydrogens is 296 g/mol. The Balaban J connectivity index is 2.23. The number of rotatable bonds is 2. The highest BCUT2D eigenvalue weighted by atomic mass is 19.3. The van der Waals surface area contributed by atoms with Gasteiger partial charge in [-0.25, -0.2) is 18.4 Å². The molecule has 1 saturated heterocycles. The van der Waals surface area contributed by atoms with Gasteiger partial charge in [0, 0.05) is 24.8 Å². The number of amides is 1. The molecule has 0 N–H and O–H groups in total. The molecule has 2 aliphatic rings. The first-order valence-corrected chi connectivity index (χ1v) is 7.61. The van der Waals surface area contributed by atoms with Crippen LogP contribution in [0.3, 0.4) is 0 Å². The molecule has 1 amide bonds. The minimum absolute atomic E-state index is 0.144. The molecule has 1 heterocycles. The van der Waals surface area contributed by atoms with Crippen LogP contribution in [0.5, 0.6) is 0 Å². The molecule has 2 fully saturated rings. The zero-order valence-electron chi connectivity index (χ0n) is 13.4. The van der Waals surface area contributed by atoms with Crippen LogP contribution >= 0.6 is 0 Å². The zero-order valence-corrected chi connectivity index (χ0v) is 13.4. The molecule has 0 bridgehead atoms. The number of hydrogen-bond donors (Lipinski definition) is 0. The first-order chi connectivity index (χ1) is 10.1. The van der Waals surface area contributed by atoms with Crippen LogP contribution in [-0.4, -0.2) is 47.7 Å². The monoisotopic (exact) mass is 319 g/mol. The molecule has 7 heteroatoms. The molecule has 0 spiro atoms. The second kappa shape index (κ2) is 5.66. The summed E-state index contributed by atoms with van der Waals surface area (Å²) in [5.41, 5.74) is -0.753. The van der Waals surface area contributed by atoms with Gasteiger partial charge < -0.3 is 9.47 Å². The second-order valence-electron chi connectivity index (χ2n) is 6.90. The Kier molecular flexibility index (Phi) is 4.37. The summed E-state index contributed by atoms with van der Waals surface area (Å²) in [4.78, 5) is 25.6. The van der Waals surface area contributed by atoms with E-state index < -0.39 is 41.5 Å². The summed E-state index contributed by atoms with van der Waals surface area (Å²) in [5, 5.41) is 0. The zero-order chi connectivity index (χ0) is 16.7. The third-order valence-electron chi connectivity index (χ3n) is 4.16. The first kappa shape index (κ1) is 17.0. The summed E-state index contributed by atoms with van der Waals surface area (Å²) in [6, 6.07) is -0.979. The van der Waals surface area contributed by atoms with Crippen molar-refractivity contribution in [1.29, 1.82) is 0 Å². The number of carbonyl (C=O) groups excluding carboxylic acids is 2. The Morgan fingerprint density at radius 2 is 1.95 bits per heavy atom. The molecule has 22 heavy (non-hydrogen) atoms. The van der Waals surface area contributed by atoms with Gasteiger partial charge in [0.1, 0.15) is 11.6 Å². The molecular formula is C15H23F2NO4. The SMILES string of the molecule is CCOC(=O)[C@@H]1[C@H]2CCC(F)(F)[C@@H]2CN1C(=O)OC(C)(C)C. The summed E-state index contributed by atoms with van der Waals surface area (Å²) in [7, 11) is 0. The Labute approximate surface area is 128 Å². The lowest BCUT2D eigenvalue weighted by molar-refractivity contribution is -0.149. The van der Waals surface area contributed by atoms with Gasteiger partial charge in [0.2, 0.25) is 0 Å². The first-order valence-electron chi connectivity index (χ1n) is 7.61. The van der Waals surface area contributed by atoms with Crippen molar-refractivity contribution in [2.24, 2.45) is 11.8 Å². The van der Waals surface area contributed by atoms with Gasteiger partial charge in [-0.3, -0.25) is 4.90 Å². The van der Waals surface area contributed by atoms with Crippen molar-refractivity contribution < 1.29 is 27.8 Å². The maximum absolute atomic E-state index is 14.0. The van der Waals surface area contributed by atoms with Gasteiger partial charge in [0.05, 0.1) is 6.61 Å². The molecule has 1 saturated carbocycles. The molecule has 0 unspecified atom stereocenters. The van der Waals surface area contributed by atoms with Crippen LogP contribution in [0, 0.1) is 11.8 Å². The Bertz CT molecular complexity index is 461. The number of esters is 1. The molecule has 126 valence electrons. The molecule has 1 aliphatic heterocycles. The van der Waals surface area contributed by atoms with Crippen LogP contribution in [0.1, 0.15) is 40.5 Å². The predicted molar refractivity (Wildman–Crippen MR) is 74.5 cm³/mol. The quantitative estimate of drug-likeness (QED) is 0.735. The lowest BCUT2D eigenvalue weighted by atomic mass is 9.93. The Morgan fingerprint density at radius 1 is 1.32 bits per heavy atom. The lowest BCUT2D eigenvalue weighted by Gasteiger charge is -2.29. The van der Waals surface area contributed by atoms with Crippen molar-refractivity contribution in [3.05, 3.63) is 0 Å². The minimum Gasteiger partial charge on any atom is -0.464 e. The van der Waals surface area contributed by atoms with E-state index in [0.29, 0.717) is 0 Å². The number of fused-ring (bicyclic) bond motifs is 1. The predicted octanol–water partition coefficient (Wildman–Crippen LogP) is 2.83. The summed E-state index contributed by atoms with van der Waals surface area (Å²) in [5.74, 6) is -5.05. The second-order valence-corrected chi connectivity index (χ2v) is 6.90. The van der Waals surface area contributed by atoms with Crippen LogP contribution in [0.25, 0.3) is 0 Å². The molecule has 3 atom stereocenters. The van der Waals surface area contributed by atoms with Gasteiger partial charge in [-0.15, -0.1) is 0 Å². The standard InChI is InChI=1S/C15H23F2NO4/c1-5-21-12(19)11-9-6-7-15(16,17)10(9)8-18(11)13(20)22-14(2,3)4/h9-11H,5-8H2,1-4H3/t9-,10+,11-/m0/s1. The maximum Gasteiger partial charge on any atom is 0.411 e. The van der Waals surface area contributed by atoms with E-state index in [1.807, 2.05) is 0 Å². The number of carbonyl (C=O) groups is 2. The Morgan fingerprint density at radius 3 is 2.50 bits per heavy atom. The maximum atomic E-state index is 14.0. The van der Waals surface area contributed by atoms with Crippen molar-refractivity contribution in [3.63, 3.8) is 0 Å². The van der Waals surface area contributed by atoms with E-state index in [-0.39, 0.29) is 26.0 Å². The molecule has 5 nitrogen and oxygen atoms in total. The van der Waals surface area contributed by atoms with Gasteiger partial charge in [-0.1, -0.05) is 0 Å². The third kappa shape index (κ3) is 3.17. The normalized spacial score (nSPS) is 30.1. The summed E-state index contributed by atoms with van der Waals surface area (Å²) in [6.45, 7) is 6.69. The van der Waals surface area contributed by atoms with Gasteiger partial charge in [0.25, 0.3) is 5.92 Å². The number of likely N-dealkylation sites (tertiary alicyclic amines) is 1. The molecule has 0 aromatic rings. The van der Waals surface area contributed by atoms with E-state index in [1.165, 1.54) is 0 Å². The fourth-order valence-electron chi connectivity index (χ4n) is 3.30. The van der Waals surface area contributed by atoms with E-state index in [2.05, 4.69) is 0 Å². The number of halogens is 2. The third-order valence-corrected chi connectivity index (χ3v) is 4.16. The van der Waals surface area contributed by atoms with Crippen LogP contribution < -0.4 is 0 Å². The van der Waals surface area contributed by atoms with Crippen LogP contribution in [0.15, 0.2) is 0 Å². The van der Waals surface area contributed by atoms with Crippen molar-refractivity contribution >= 4 is 12.1 Å². The van der Waals surface area contributed by atoms with Crippen LogP contribution in [-0.2, 0) is 14.3 Å². The van der Waals surface area contributed by atoms with Crippen LogP contribution in [0.2, 0.25) is 0 Å². The number of nitrogens with zero attached hydrogens (tertiary/aromatic N) is 1. The average molecular weight is 319 g/mol. The molecule has 2 rings (SSSR count). The van der Waals surface area contributed by atoms with Crippen LogP contribution in [0.4, 0.5) is 13.6 Å². The van der Waals surface area contributed by atoms with Gasteiger partial charge in [-0.2, -0.15) is 0 Å². The topological polar surface area (TPSA) is 55.8 Å². The van der Waals surface area contributed by atoms with Gasteiger partial charge in [0.15, 0.2) is 0 Å². The van der Waals surface area contributed by atoms with E-state index in [0.717, 1.165) is 4.90 Å². The van der Waals surface area contributed by atoms with Crippen molar-refractivity contribution in [3.8, 4) is 0 Å².